The van der Waals surface area contributed by atoms with Crippen LogP contribution < -0.4 is 5.32 Å². The van der Waals surface area contributed by atoms with Gasteiger partial charge in [-0.3, -0.25) is 0 Å². The average Bonchev–Trinajstić information content (AvgIpc) is 2.87. The summed E-state index contributed by atoms with van der Waals surface area (Å²) < 4.78 is 11.9. The van der Waals surface area contributed by atoms with E-state index in [1.54, 1.807) is 0 Å². The van der Waals surface area contributed by atoms with Crippen LogP contribution in [0.15, 0.2) is 0 Å². The van der Waals surface area contributed by atoms with Crippen molar-refractivity contribution in [3.8, 4) is 0 Å². The zero-order valence-corrected chi connectivity index (χ0v) is 12.9. The van der Waals surface area contributed by atoms with E-state index in [0.29, 0.717) is 23.7 Å². The van der Waals surface area contributed by atoms with Gasteiger partial charge >= 0.3 is 0 Å². The summed E-state index contributed by atoms with van der Waals surface area (Å²) in [5.74, 6) is 0. The van der Waals surface area contributed by atoms with Gasteiger partial charge in [0.15, 0.2) is 0 Å². The molecule has 0 aromatic carbocycles. The summed E-state index contributed by atoms with van der Waals surface area (Å²) in [6.07, 6.45) is 8.03. The van der Waals surface area contributed by atoms with Gasteiger partial charge < -0.3 is 14.8 Å². The minimum absolute atomic E-state index is 0.342. The predicted octanol–water partition coefficient (Wildman–Crippen LogP) is 3.13. The first kappa shape index (κ1) is 15.3. The Labute approximate surface area is 118 Å². The molecule has 1 aliphatic heterocycles. The fourth-order valence-corrected chi connectivity index (χ4v) is 3.48. The van der Waals surface area contributed by atoms with Crippen molar-refractivity contribution in [1.82, 2.24) is 5.32 Å². The molecule has 1 aliphatic carbocycles. The lowest BCUT2D eigenvalue weighted by Gasteiger charge is -2.44. The van der Waals surface area contributed by atoms with E-state index in [1.165, 1.54) is 38.5 Å². The monoisotopic (exact) mass is 269 g/mol. The molecule has 1 saturated heterocycles. The van der Waals surface area contributed by atoms with Crippen LogP contribution in [0.4, 0.5) is 0 Å². The van der Waals surface area contributed by atoms with Crippen LogP contribution in [0.25, 0.3) is 0 Å². The van der Waals surface area contributed by atoms with Crippen LogP contribution in [0.5, 0.6) is 0 Å². The second-order valence-corrected chi connectivity index (χ2v) is 6.82. The Hall–Kier alpha value is -0.120. The van der Waals surface area contributed by atoms with E-state index in [2.05, 4.69) is 26.1 Å². The highest BCUT2D eigenvalue weighted by atomic mass is 16.5. The van der Waals surface area contributed by atoms with Crippen molar-refractivity contribution < 1.29 is 9.47 Å². The third kappa shape index (κ3) is 4.17. The quantitative estimate of drug-likeness (QED) is 0.803. The smallest absolute Gasteiger partial charge is 0.0809 e. The highest BCUT2D eigenvalue weighted by molar-refractivity contribution is 4.94. The van der Waals surface area contributed by atoms with Crippen molar-refractivity contribution in [2.45, 2.75) is 77.5 Å². The van der Waals surface area contributed by atoms with Crippen molar-refractivity contribution in [2.24, 2.45) is 5.41 Å². The average molecular weight is 269 g/mol. The van der Waals surface area contributed by atoms with Crippen LogP contribution in [0.1, 0.15) is 59.3 Å². The summed E-state index contributed by atoms with van der Waals surface area (Å²) in [5.41, 5.74) is 0.342. The zero-order chi connectivity index (χ0) is 13.7. The molecule has 2 aliphatic rings. The summed E-state index contributed by atoms with van der Waals surface area (Å²) in [7, 11) is 0. The molecule has 0 aromatic rings. The van der Waals surface area contributed by atoms with Crippen molar-refractivity contribution in [3.63, 3.8) is 0 Å². The molecule has 0 amide bonds. The number of hydrogen-bond acceptors (Lipinski definition) is 3. The maximum absolute atomic E-state index is 6.22. The highest BCUT2D eigenvalue weighted by Crippen LogP contribution is 2.37. The fourth-order valence-electron chi connectivity index (χ4n) is 3.48. The predicted molar refractivity (Wildman–Crippen MR) is 78.4 cm³/mol. The second-order valence-electron chi connectivity index (χ2n) is 6.82. The van der Waals surface area contributed by atoms with Crippen LogP contribution >= 0.6 is 0 Å². The van der Waals surface area contributed by atoms with Gasteiger partial charge in [-0.15, -0.1) is 0 Å². The van der Waals surface area contributed by atoms with E-state index in [9.17, 15) is 0 Å². The number of hydrogen-bond donors (Lipinski definition) is 1. The second kappa shape index (κ2) is 7.05. The molecular formula is C16H31NO2. The first-order valence-corrected chi connectivity index (χ1v) is 8.10. The summed E-state index contributed by atoms with van der Waals surface area (Å²) in [4.78, 5) is 0. The molecule has 0 bridgehead atoms. The van der Waals surface area contributed by atoms with E-state index in [1.807, 2.05) is 0 Å². The lowest BCUT2D eigenvalue weighted by molar-refractivity contribution is -0.0704. The van der Waals surface area contributed by atoms with Crippen LogP contribution in [0.3, 0.4) is 0 Å². The van der Waals surface area contributed by atoms with Gasteiger partial charge in [-0.05, 0) is 44.1 Å². The van der Waals surface area contributed by atoms with Crippen molar-refractivity contribution in [1.29, 1.82) is 0 Å². The number of ether oxygens (including phenoxy) is 2. The van der Waals surface area contributed by atoms with Gasteiger partial charge in [0.25, 0.3) is 0 Å². The van der Waals surface area contributed by atoms with Crippen LogP contribution in [-0.4, -0.2) is 38.0 Å². The minimum Gasteiger partial charge on any atom is -0.376 e. The first-order valence-electron chi connectivity index (χ1n) is 8.10. The topological polar surface area (TPSA) is 30.5 Å². The van der Waals surface area contributed by atoms with Crippen LogP contribution in [-0.2, 0) is 9.47 Å². The number of rotatable bonds is 6. The van der Waals surface area contributed by atoms with Gasteiger partial charge in [0.2, 0.25) is 0 Å². The molecule has 112 valence electrons. The summed E-state index contributed by atoms with van der Waals surface area (Å²) in [6, 6.07) is 0.489. The molecule has 3 atom stereocenters. The maximum atomic E-state index is 6.22. The zero-order valence-electron chi connectivity index (χ0n) is 12.9. The first-order chi connectivity index (χ1) is 9.13. The van der Waals surface area contributed by atoms with Gasteiger partial charge in [-0.2, -0.15) is 0 Å². The van der Waals surface area contributed by atoms with E-state index >= 15 is 0 Å². The van der Waals surface area contributed by atoms with Gasteiger partial charge in [0.05, 0.1) is 18.8 Å². The molecule has 1 heterocycles. The molecular weight excluding hydrogens is 238 g/mol. The highest BCUT2D eigenvalue weighted by Gasteiger charge is 2.39. The lowest BCUT2D eigenvalue weighted by atomic mass is 9.71. The van der Waals surface area contributed by atoms with Gasteiger partial charge in [0.1, 0.15) is 0 Å². The van der Waals surface area contributed by atoms with Crippen molar-refractivity contribution in [3.05, 3.63) is 0 Å². The summed E-state index contributed by atoms with van der Waals surface area (Å²) in [5, 5.41) is 3.72. The van der Waals surface area contributed by atoms with E-state index in [-0.39, 0.29) is 0 Å². The summed E-state index contributed by atoms with van der Waals surface area (Å²) >= 11 is 0. The third-order valence-corrected chi connectivity index (χ3v) is 4.66. The molecule has 1 N–H and O–H groups in total. The van der Waals surface area contributed by atoms with E-state index < -0.39 is 0 Å². The van der Waals surface area contributed by atoms with Crippen molar-refractivity contribution in [2.75, 3.05) is 19.8 Å². The van der Waals surface area contributed by atoms with E-state index in [4.69, 9.17) is 9.47 Å². The molecule has 19 heavy (non-hydrogen) atoms. The molecule has 2 fully saturated rings. The fraction of sp³-hybridized carbons (Fsp3) is 1.00. The minimum atomic E-state index is 0.342. The molecule has 2 rings (SSSR count). The SMILES string of the molecule is CCCNC1C(OCC2CCCO2)CCCC1(C)C. The van der Waals surface area contributed by atoms with Crippen molar-refractivity contribution >= 4 is 0 Å². The Bertz CT molecular complexity index is 261. The molecule has 0 spiro atoms. The largest absolute Gasteiger partial charge is 0.376 e. The molecule has 0 radical (unpaired) electrons. The Morgan fingerprint density at radius 3 is 2.79 bits per heavy atom. The van der Waals surface area contributed by atoms with Crippen LogP contribution in [0.2, 0.25) is 0 Å². The van der Waals surface area contributed by atoms with Gasteiger partial charge in [-0.1, -0.05) is 27.2 Å². The van der Waals surface area contributed by atoms with Gasteiger partial charge in [0, 0.05) is 12.6 Å². The normalized spacial score (nSPS) is 34.6. The number of nitrogens with one attached hydrogen (secondary N) is 1. The standard InChI is InChI=1S/C16H31NO2/c1-4-10-17-15-14(8-5-9-16(15,2)3)19-12-13-7-6-11-18-13/h13-15,17H,4-12H2,1-3H3. The molecule has 3 unspecified atom stereocenters. The Morgan fingerprint density at radius 1 is 1.26 bits per heavy atom. The lowest BCUT2D eigenvalue weighted by Crippen LogP contribution is -2.54. The third-order valence-electron chi connectivity index (χ3n) is 4.66. The molecule has 3 nitrogen and oxygen atoms in total. The Morgan fingerprint density at radius 2 is 2.11 bits per heavy atom. The molecule has 3 heteroatoms. The molecule has 0 aromatic heterocycles. The Balaban J connectivity index is 1.87. The van der Waals surface area contributed by atoms with Crippen LogP contribution in [0, 0.1) is 5.41 Å². The van der Waals surface area contributed by atoms with E-state index in [0.717, 1.165) is 19.8 Å². The Kier molecular flexibility index (Phi) is 5.67. The molecule has 1 saturated carbocycles. The maximum Gasteiger partial charge on any atom is 0.0809 e. The summed E-state index contributed by atoms with van der Waals surface area (Å²) in [6.45, 7) is 9.77. The van der Waals surface area contributed by atoms with Gasteiger partial charge in [-0.25, -0.2) is 0 Å².